The van der Waals surface area contributed by atoms with Crippen molar-refractivity contribution in [1.29, 1.82) is 0 Å². The van der Waals surface area contributed by atoms with Gasteiger partial charge in [0.1, 0.15) is 0 Å². The van der Waals surface area contributed by atoms with Gasteiger partial charge in [0.15, 0.2) is 0 Å². The fourth-order valence-electron chi connectivity index (χ4n) is 2.64. The van der Waals surface area contributed by atoms with E-state index in [2.05, 4.69) is 0 Å². The van der Waals surface area contributed by atoms with Crippen LogP contribution in [0.3, 0.4) is 0 Å². The summed E-state index contributed by atoms with van der Waals surface area (Å²) in [6.07, 6.45) is 10.2. The number of aliphatic hydroxyl groups is 1. The van der Waals surface area contributed by atoms with Gasteiger partial charge in [-0.05, 0) is 38.5 Å². The molecule has 0 bridgehead atoms. The Morgan fingerprint density at radius 2 is 2.00 bits per heavy atom. The first-order valence-corrected chi connectivity index (χ1v) is 7.81. The molecule has 1 heterocycles. The third-order valence-corrected chi connectivity index (χ3v) is 5.19. The number of aliphatic hydroxyl groups excluding tert-OH is 1. The van der Waals surface area contributed by atoms with E-state index in [9.17, 15) is 5.11 Å². The van der Waals surface area contributed by atoms with Gasteiger partial charge in [-0.1, -0.05) is 12.8 Å². The summed E-state index contributed by atoms with van der Waals surface area (Å²) in [4.78, 5) is 0. The Bertz CT molecular complexity index is 166. The minimum atomic E-state index is -0.116. The number of hydrogen-bond donors (Lipinski definition) is 1. The van der Waals surface area contributed by atoms with Crippen molar-refractivity contribution in [3.8, 4) is 0 Å². The Kier molecular flexibility index (Phi) is 5.46. The zero-order chi connectivity index (χ0) is 11.2. The molecule has 1 saturated heterocycles. The van der Waals surface area contributed by atoms with Gasteiger partial charge in [0.2, 0.25) is 0 Å². The quantitative estimate of drug-likeness (QED) is 0.779. The summed E-state index contributed by atoms with van der Waals surface area (Å²) in [5.41, 5.74) is 0. The summed E-state index contributed by atoms with van der Waals surface area (Å²) in [6, 6.07) is 0. The smallest absolute Gasteiger partial charge is 0.0631 e. The van der Waals surface area contributed by atoms with E-state index in [1.807, 2.05) is 11.8 Å². The molecular formula is C13H24O2S. The van der Waals surface area contributed by atoms with Crippen molar-refractivity contribution in [3.63, 3.8) is 0 Å². The maximum absolute atomic E-state index is 9.89. The normalized spacial score (nSPS) is 28.7. The fraction of sp³-hybridized carbons (Fsp3) is 1.00. The van der Waals surface area contributed by atoms with Gasteiger partial charge in [-0.2, -0.15) is 11.8 Å². The van der Waals surface area contributed by atoms with Crippen LogP contribution in [0.4, 0.5) is 0 Å². The Labute approximate surface area is 103 Å². The molecule has 1 N–H and O–H groups in total. The first-order chi connectivity index (χ1) is 7.84. The molecule has 94 valence electrons. The number of thioether (sulfide) groups is 1. The van der Waals surface area contributed by atoms with Crippen molar-refractivity contribution in [1.82, 2.24) is 0 Å². The van der Waals surface area contributed by atoms with Gasteiger partial charge < -0.3 is 9.84 Å². The van der Waals surface area contributed by atoms with E-state index in [1.54, 1.807) is 0 Å². The predicted octanol–water partition coefficient (Wildman–Crippen LogP) is 2.98. The second kappa shape index (κ2) is 6.87. The summed E-state index contributed by atoms with van der Waals surface area (Å²) >= 11 is 1.98. The second-order valence-electron chi connectivity index (χ2n) is 5.11. The monoisotopic (exact) mass is 244 g/mol. The molecule has 0 radical (unpaired) electrons. The molecule has 2 aliphatic rings. The maximum atomic E-state index is 9.89. The van der Waals surface area contributed by atoms with Crippen LogP contribution in [0, 0.1) is 0 Å². The standard InChI is InChI=1S/C13H24O2S/c14-11(7-8-12-4-3-9-15-12)10-16-13-5-1-2-6-13/h11-14H,1-10H2. The van der Waals surface area contributed by atoms with Crippen LogP contribution in [-0.2, 0) is 4.74 Å². The summed E-state index contributed by atoms with van der Waals surface area (Å²) in [7, 11) is 0. The zero-order valence-corrected chi connectivity index (χ0v) is 10.9. The van der Waals surface area contributed by atoms with Crippen molar-refractivity contribution in [3.05, 3.63) is 0 Å². The highest BCUT2D eigenvalue weighted by Crippen LogP contribution is 2.30. The minimum Gasteiger partial charge on any atom is -0.392 e. The van der Waals surface area contributed by atoms with E-state index in [0.29, 0.717) is 6.10 Å². The lowest BCUT2D eigenvalue weighted by Gasteiger charge is -2.15. The number of hydrogen-bond acceptors (Lipinski definition) is 3. The van der Waals surface area contributed by atoms with Gasteiger partial charge in [0, 0.05) is 17.6 Å². The molecule has 1 saturated carbocycles. The summed E-state index contributed by atoms with van der Waals surface area (Å²) in [6.45, 7) is 0.928. The fourth-order valence-corrected chi connectivity index (χ4v) is 3.96. The first-order valence-electron chi connectivity index (χ1n) is 6.76. The highest BCUT2D eigenvalue weighted by atomic mass is 32.2. The molecule has 0 aromatic rings. The van der Waals surface area contributed by atoms with Crippen LogP contribution in [-0.4, -0.2) is 34.9 Å². The Balaban J connectivity index is 1.51. The SMILES string of the molecule is OC(CCC1CCCO1)CSC1CCCC1. The van der Waals surface area contributed by atoms with E-state index in [-0.39, 0.29) is 6.10 Å². The van der Waals surface area contributed by atoms with Gasteiger partial charge in [0.25, 0.3) is 0 Å². The molecule has 0 spiro atoms. The third-order valence-electron chi connectivity index (χ3n) is 3.67. The highest BCUT2D eigenvalue weighted by molar-refractivity contribution is 7.99. The molecule has 0 aromatic carbocycles. The predicted molar refractivity (Wildman–Crippen MR) is 68.9 cm³/mol. The van der Waals surface area contributed by atoms with E-state index < -0.39 is 0 Å². The molecule has 2 atom stereocenters. The Morgan fingerprint density at radius 3 is 2.69 bits per heavy atom. The molecule has 1 aliphatic heterocycles. The van der Waals surface area contributed by atoms with Crippen molar-refractivity contribution < 1.29 is 9.84 Å². The summed E-state index contributed by atoms with van der Waals surface area (Å²) < 4.78 is 5.56. The molecule has 2 rings (SSSR count). The van der Waals surface area contributed by atoms with Crippen molar-refractivity contribution in [2.45, 2.75) is 68.8 Å². The second-order valence-corrected chi connectivity index (χ2v) is 6.44. The molecule has 2 nitrogen and oxygen atoms in total. The number of ether oxygens (including phenoxy) is 1. The average Bonchev–Trinajstić information content (AvgIpc) is 2.96. The molecule has 16 heavy (non-hydrogen) atoms. The largest absolute Gasteiger partial charge is 0.392 e. The van der Waals surface area contributed by atoms with Crippen LogP contribution in [0.1, 0.15) is 51.4 Å². The van der Waals surface area contributed by atoms with Crippen LogP contribution < -0.4 is 0 Å². The molecule has 2 fully saturated rings. The first kappa shape index (κ1) is 12.7. The zero-order valence-electron chi connectivity index (χ0n) is 10.1. The van der Waals surface area contributed by atoms with Gasteiger partial charge in [-0.25, -0.2) is 0 Å². The van der Waals surface area contributed by atoms with Gasteiger partial charge in [0.05, 0.1) is 12.2 Å². The van der Waals surface area contributed by atoms with Gasteiger partial charge in [-0.15, -0.1) is 0 Å². The summed E-state index contributed by atoms with van der Waals surface area (Å²) in [5, 5.41) is 10.7. The molecule has 0 aromatic heterocycles. The maximum Gasteiger partial charge on any atom is 0.0631 e. The molecule has 1 aliphatic carbocycles. The van der Waals surface area contributed by atoms with Gasteiger partial charge in [-0.3, -0.25) is 0 Å². The van der Waals surface area contributed by atoms with E-state index >= 15 is 0 Å². The van der Waals surface area contributed by atoms with Crippen LogP contribution in [0.15, 0.2) is 0 Å². The van der Waals surface area contributed by atoms with Crippen molar-refractivity contribution in [2.24, 2.45) is 0 Å². The average molecular weight is 244 g/mol. The lowest BCUT2D eigenvalue weighted by molar-refractivity contribution is 0.0861. The number of rotatable bonds is 6. The topological polar surface area (TPSA) is 29.5 Å². The Hall–Kier alpha value is 0.270. The third kappa shape index (κ3) is 4.27. The molecular weight excluding hydrogens is 220 g/mol. The molecule has 2 unspecified atom stereocenters. The van der Waals surface area contributed by atoms with Crippen LogP contribution >= 0.6 is 11.8 Å². The van der Waals surface area contributed by atoms with E-state index in [0.717, 1.165) is 30.5 Å². The van der Waals surface area contributed by atoms with Crippen molar-refractivity contribution in [2.75, 3.05) is 12.4 Å². The lowest BCUT2D eigenvalue weighted by Crippen LogP contribution is -2.16. The van der Waals surface area contributed by atoms with Crippen LogP contribution in [0.25, 0.3) is 0 Å². The molecule has 0 amide bonds. The lowest BCUT2D eigenvalue weighted by atomic mass is 10.1. The van der Waals surface area contributed by atoms with Crippen LogP contribution in [0.2, 0.25) is 0 Å². The van der Waals surface area contributed by atoms with E-state index in [1.165, 1.54) is 38.5 Å². The highest BCUT2D eigenvalue weighted by Gasteiger charge is 2.19. The minimum absolute atomic E-state index is 0.116. The van der Waals surface area contributed by atoms with Crippen LogP contribution in [0.5, 0.6) is 0 Å². The van der Waals surface area contributed by atoms with Crippen molar-refractivity contribution >= 4 is 11.8 Å². The Morgan fingerprint density at radius 1 is 1.19 bits per heavy atom. The van der Waals surface area contributed by atoms with Gasteiger partial charge >= 0.3 is 0 Å². The van der Waals surface area contributed by atoms with E-state index in [4.69, 9.17) is 4.74 Å². The summed E-state index contributed by atoms with van der Waals surface area (Å²) in [5.74, 6) is 0.928. The molecule has 3 heteroatoms.